The van der Waals surface area contributed by atoms with Crippen molar-refractivity contribution in [2.24, 2.45) is 0 Å². The van der Waals surface area contributed by atoms with Crippen LogP contribution in [0.1, 0.15) is 66.2 Å². The minimum atomic E-state index is -0.364. The predicted octanol–water partition coefficient (Wildman–Crippen LogP) is 8.28. The number of fused-ring (bicyclic) bond motifs is 1. The molecule has 2 aromatic rings. The van der Waals surface area contributed by atoms with Gasteiger partial charge in [-0.1, -0.05) is 39.0 Å². The SMILES string of the molecule is CCCCCCCCOc1ccc(N2C(=O)c3c(Br)c(Br)c(Br)c(Br)c3C2=O)cc1. The Morgan fingerprint density at radius 3 is 1.77 bits per heavy atom. The summed E-state index contributed by atoms with van der Waals surface area (Å²) in [5, 5.41) is 0. The normalized spacial score (nSPS) is 13.2. The number of benzene rings is 2. The number of hydrogen-bond acceptors (Lipinski definition) is 3. The van der Waals surface area contributed by atoms with E-state index in [-0.39, 0.29) is 11.8 Å². The number of carbonyl (C=O) groups is 2. The van der Waals surface area contributed by atoms with E-state index in [0.29, 0.717) is 41.3 Å². The Morgan fingerprint density at radius 2 is 1.23 bits per heavy atom. The Labute approximate surface area is 210 Å². The molecule has 0 radical (unpaired) electrons. The summed E-state index contributed by atoms with van der Waals surface area (Å²) >= 11 is 13.7. The largest absolute Gasteiger partial charge is 0.494 e. The predicted molar refractivity (Wildman–Crippen MR) is 134 cm³/mol. The molecule has 0 saturated heterocycles. The zero-order valence-electron chi connectivity index (χ0n) is 16.4. The van der Waals surface area contributed by atoms with E-state index in [2.05, 4.69) is 70.6 Å². The van der Waals surface area contributed by atoms with Gasteiger partial charge in [-0.05, 0) is 94.4 Å². The third-order valence-electron chi connectivity index (χ3n) is 4.96. The summed E-state index contributed by atoms with van der Waals surface area (Å²) in [4.78, 5) is 27.3. The van der Waals surface area contributed by atoms with Gasteiger partial charge in [0.05, 0.1) is 23.4 Å². The maximum absolute atomic E-state index is 13.0. The number of imide groups is 1. The van der Waals surface area contributed by atoms with Gasteiger partial charge in [-0.3, -0.25) is 9.59 Å². The van der Waals surface area contributed by atoms with Gasteiger partial charge in [0.2, 0.25) is 0 Å². The van der Waals surface area contributed by atoms with Crippen molar-refractivity contribution in [1.29, 1.82) is 0 Å². The minimum absolute atomic E-state index is 0.338. The molecule has 0 aromatic heterocycles. The fraction of sp³-hybridized carbons (Fsp3) is 0.364. The van der Waals surface area contributed by atoms with Crippen LogP contribution in [0.4, 0.5) is 5.69 Å². The Bertz CT molecular complexity index is 913. The van der Waals surface area contributed by atoms with Gasteiger partial charge in [0.1, 0.15) is 5.75 Å². The first kappa shape index (κ1) is 24.0. The highest BCUT2D eigenvalue weighted by atomic mass is 79.9. The van der Waals surface area contributed by atoms with Gasteiger partial charge in [-0.25, -0.2) is 4.90 Å². The van der Waals surface area contributed by atoms with Gasteiger partial charge < -0.3 is 4.74 Å². The fourth-order valence-corrected chi connectivity index (χ4v) is 5.80. The summed E-state index contributed by atoms with van der Waals surface area (Å²) in [6, 6.07) is 7.08. The van der Waals surface area contributed by atoms with Crippen LogP contribution in [-0.4, -0.2) is 18.4 Å². The molecule has 30 heavy (non-hydrogen) atoms. The third-order valence-corrected chi connectivity index (χ3v) is 9.73. The molecule has 1 heterocycles. The van der Waals surface area contributed by atoms with Gasteiger partial charge in [0.25, 0.3) is 11.8 Å². The van der Waals surface area contributed by atoms with Crippen molar-refractivity contribution in [3.05, 3.63) is 53.3 Å². The lowest BCUT2D eigenvalue weighted by molar-refractivity contribution is 0.0925. The molecule has 0 saturated carbocycles. The number of rotatable bonds is 9. The molecule has 2 aromatic carbocycles. The van der Waals surface area contributed by atoms with Crippen molar-refractivity contribution >= 4 is 81.2 Å². The van der Waals surface area contributed by atoms with Crippen molar-refractivity contribution in [2.75, 3.05) is 11.5 Å². The molecule has 0 fully saturated rings. The van der Waals surface area contributed by atoms with Gasteiger partial charge in [-0.15, -0.1) is 0 Å². The molecule has 2 amide bonds. The first-order chi connectivity index (χ1) is 14.4. The average molecular weight is 667 g/mol. The van der Waals surface area contributed by atoms with Gasteiger partial charge in [0, 0.05) is 17.9 Å². The standard InChI is InChI=1S/C22H21Br4NO3/c1-2-3-4-5-6-7-12-30-14-10-8-13(9-11-14)27-21(28)15-16(22(27)29)18(24)20(26)19(25)17(15)23/h8-11H,2-7,12H2,1H3. The van der Waals surface area contributed by atoms with Crippen LogP contribution < -0.4 is 9.64 Å². The number of carbonyl (C=O) groups excluding carboxylic acids is 2. The number of ether oxygens (including phenoxy) is 1. The molecule has 1 aliphatic rings. The summed E-state index contributed by atoms with van der Waals surface area (Å²) in [6.45, 7) is 2.88. The maximum atomic E-state index is 13.0. The molecule has 1 aliphatic heterocycles. The Morgan fingerprint density at radius 1 is 0.733 bits per heavy atom. The van der Waals surface area contributed by atoms with Crippen molar-refractivity contribution < 1.29 is 14.3 Å². The molecule has 4 nitrogen and oxygen atoms in total. The van der Waals surface area contributed by atoms with Gasteiger partial charge in [0.15, 0.2) is 0 Å². The molecule has 160 valence electrons. The number of unbranched alkanes of at least 4 members (excludes halogenated alkanes) is 5. The van der Waals surface area contributed by atoms with Crippen LogP contribution >= 0.6 is 63.7 Å². The molecule has 0 N–H and O–H groups in total. The summed E-state index contributed by atoms with van der Waals surface area (Å²) in [5.74, 6) is 0.00446. The van der Waals surface area contributed by atoms with E-state index in [0.717, 1.165) is 12.2 Å². The molecule has 0 bridgehead atoms. The second-order valence-electron chi connectivity index (χ2n) is 7.06. The monoisotopic (exact) mass is 663 g/mol. The number of anilines is 1. The fourth-order valence-electron chi connectivity index (χ4n) is 3.35. The van der Waals surface area contributed by atoms with E-state index in [1.807, 2.05) is 0 Å². The summed E-state index contributed by atoms with van der Waals surface area (Å²) in [7, 11) is 0. The first-order valence-corrected chi connectivity index (χ1v) is 13.0. The second-order valence-corrected chi connectivity index (χ2v) is 10.2. The average Bonchev–Trinajstić information content (AvgIpc) is 3.01. The van der Waals surface area contributed by atoms with Crippen molar-refractivity contribution in [3.63, 3.8) is 0 Å². The van der Waals surface area contributed by atoms with E-state index in [4.69, 9.17) is 4.74 Å². The van der Waals surface area contributed by atoms with Gasteiger partial charge >= 0.3 is 0 Å². The zero-order valence-corrected chi connectivity index (χ0v) is 22.8. The molecular formula is C22H21Br4NO3. The summed E-state index contributed by atoms with van der Waals surface area (Å²) < 4.78 is 8.25. The van der Waals surface area contributed by atoms with E-state index in [9.17, 15) is 9.59 Å². The van der Waals surface area contributed by atoms with E-state index in [1.165, 1.54) is 37.0 Å². The van der Waals surface area contributed by atoms with Crippen molar-refractivity contribution in [2.45, 2.75) is 45.4 Å². The highest BCUT2D eigenvalue weighted by molar-refractivity contribution is 9.15. The van der Waals surface area contributed by atoms with Crippen LogP contribution in [0.3, 0.4) is 0 Å². The van der Waals surface area contributed by atoms with Crippen molar-refractivity contribution in [3.8, 4) is 5.75 Å². The molecule has 8 heteroatoms. The maximum Gasteiger partial charge on any atom is 0.267 e. The van der Waals surface area contributed by atoms with E-state index < -0.39 is 0 Å². The third kappa shape index (κ3) is 4.87. The number of amides is 2. The molecule has 3 rings (SSSR count). The molecule has 0 atom stereocenters. The molecule has 0 spiro atoms. The Balaban J connectivity index is 1.68. The highest BCUT2D eigenvalue weighted by Crippen LogP contribution is 2.46. The smallest absolute Gasteiger partial charge is 0.267 e. The van der Waals surface area contributed by atoms with E-state index in [1.54, 1.807) is 24.3 Å². The topological polar surface area (TPSA) is 46.6 Å². The van der Waals surface area contributed by atoms with Gasteiger partial charge in [-0.2, -0.15) is 0 Å². The van der Waals surface area contributed by atoms with Crippen LogP contribution in [0.2, 0.25) is 0 Å². The quantitative estimate of drug-likeness (QED) is 0.117. The first-order valence-electron chi connectivity index (χ1n) is 9.86. The molecular weight excluding hydrogens is 646 g/mol. The van der Waals surface area contributed by atoms with Crippen LogP contribution in [0.25, 0.3) is 0 Å². The lowest BCUT2D eigenvalue weighted by Crippen LogP contribution is -2.29. The van der Waals surface area contributed by atoms with Crippen LogP contribution in [0.15, 0.2) is 42.2 Å². The molecule has 0 unspecified atom stereocenters. The lowest BCUT2D eigenvalue weighted by Gasteiger charge is -2.15. The highest BCUT2D eigenvalue weighted by Gasteiger charge is 2.41. The summed E-state index contributed by atoms with van der Waals surface area (Å²) in [5.41, 5.74) is 1.19. The zero-order chi connectivity index (χ0) is 21.8. The minimum Gasteiger partial charge on any atom is -0.494 e. The molecule has 0 aliphatic carbocycles. The Hall–Kier alpha value is -0.700. The summed E-state index contributed by atoms with van der Waals surface area (Å²) in [6.07, 6.45) is 7.26. The Kier molecular flexibility index (Phi) is 8.58. The number of nitrogens with zero attached hydrogens (tertiary/aromatic N) is 1. The van der Waals surface area contributed by atoms with Crippen LogP contribution in [0, 0.1) is 0 Å². The van der Waals surface area contributed by atoms with Crippen LogP contribution in [-0.2, 0) is 0 Å². The number of halogens is 4. The lowest BCUT2D eigenvalue weighted by atomic mass is 10.1. The number of hydrogen-bond donors (Lipinski definition) is 0. The van der Waals surface area contributed by atoms with Crippen LogP contribution in [0.5, 0.6) is 5.75 Å². The van der Waals surface area contributed by atoms with E-state index >= 15 is 0 Å². The van der Waals surface area contributed by atoms with Crippen molar-refractivity contribution in [1.82, 2.24) is 0 Å². The second kappa shape index (κ2) is 10.7.